The summed E-state index contributed by atoms with van der Waals surface area (Å²) in [7, 11) is 3.33. The van der Waals surface area contributed by atoms with E-state index in [9.17, 15) is 9.59 Å². The second kappa shape index (κ2) is 6.18. The molecule has 7 nitrogen and oxygen atoms in total. The van der Waals surface area contributed by atoms with Crippen LogP contribution in [0.2, 0.25) is 0 Å². The van der Waals surface area contributed by atoms with Crippen LogP contribution in [0.15, 0.2) is 42.5 Å². The number of anilines is 1. The highest BCUT2D eigenvalue weighted by Crippen LogP contribution is 2.29. The number of amides is 2. The summed E-state index contributed by atoms with van der Waals surface area (Å²) < 4.78 is 7.04. The molecule has 0 atom stereocenters. The van der Waals surface area contributed by atoms with Gasteiger partial charge in [-0.2, -0.15) is 5.10 Å². The molecule has 1 aliphatic rings. The van der Waals surface area contributed by atoms with Gasteiger partial charge in [-0.05, 0) is 17.5 Å². The molecule has 26 heavy (non-hydrogen) atoms. The molecule has 0 aliphatic carbocycles. The van der Waals surface area contributed by atoms with Crippen LogP contribution < -0.4 is 10.1 Å². The first kappa shape index (κ1) is 16.1. The number of hydrogen-bond acceptors (Lipinski definition) is 4. The van der Waals surface area contributed by atoms with Crippen molar-refractivity contribution in [3.63, 3.8) is 0 Å². The van der Waals surface area contributed by atoms with E-state index >= 15 is 0 Å². The van der Waals surface area contributed by atoms with E-state index in [1.54, 1.807) is 35.9 Å². The first-order valence-electron chi connectivity index (χ1n) is 8.29. The molecule has 0 saturated heterocycles. The van der Waals surface area contributed by atoms with Crippen molar-refractivity contribution in [1.82, 2.24) is 14.7 Å². The number of nitrogens with zero attached hydrogens (tertiary/aromatic N) is 3. The van der Waals surface area contributed by atoms with E-state index in [2.05, 4.69) is 10.4 Å². The lowest BCUT2D eigenvalue weighted by atomic mass is 10.0. The molecule has 0 spiro atoms. The average molecular weight is 350 g/mol. The Morgan fingerprint density at radius 1 is 1.19 bits per heavy atom. The minimum absolute atomic E-state index is 0.101. The van der Waals surface area contributed by atoms with Crippen molar-refractivity contribution < 1.29 is 14.3 Å². The molecule has 1 aliphatic heterocycles. The summed E-state index contributed by atoms with van der Waals surface area (Å²) in [4.78, 5) is 26.7. The number of methoxy groups -OCH3 is 1. The SMILES string of the molecule is COc1cccc2cccc(C(=O)Nc3cc4n(n3)CCN(C)C4=O)c12. The fourth-order valence-electron chi connectivity index (χ4n) is 3.21. The van der Waals surface area contributed by atoms with E-state index in [1.165, 1.54) is 0 Å². The normalized spacial score (nSPS) is 13.6. The Kier molecular flexibility index (Phi) is 3.84. The van der Waals surface area contributed by atoms with Crippen LogP contribution in [0.5, 0.6) is 5.75 Å². The highest BCUT2D eigenvalue weighted by molar-refractivity contribution is 6.14. The van der Waals surface area contributed by atoms with Crippen molar-refractivity contribution in [3.8, 4) is 5.75 Å². The lowest BCUT2D eigenvalue weighted by Gasteiger charge is -2.22. The second-order valence-electron chi connectivity index (χ2n) is 6.18. The first-order chi connectivity index (χ1) is 12.6. The fourth-order valence-corrected chi connectivity index (χ4v) is 3.21. The molecule has 7 heteroatoms. The Labute approximate surface area is 150 Å². The number of carbonyl (C=O) groups is 2. The predicted octanol–water partition coefficient (Wildman–Crippen LogP) is 2.38. The summed E-state index contributed by atoms with van der Waals surface area (Å²) in [6.45, 7) is 1.21. The van der Waals surface area contributed by atoms with Gasteiger partial charge in [0.2, 0.25) is 0 Å². The van der Waals surface area contributed by atoms with Gasteiger partial charge in [-0.1, -0.05) is 24.3 Å². The van der Waals surface area contributed by atoms with E-state index in [4.69, 9.17) is 4.74 Å². The Hall–Kier alpha value is -3.35. The molecule has 1 aromatic heterocycles. The van der Waals surface area contributed by atoms with Gasteiger partial charge < -0.3 is 15.0 Å². The number of fused-ring (bicyclic) bond motifs is 2. The highest BCUT2D eigenvalue weighted by Gasteiger charge is 2.24. The van der Waals surface area contributed by atoms with Gasteiger partial charge in [0.05, 0.1) is 19.2 Å². The molecule has 0 bridgehead atoms. The van der Waals surface area contributed by atoms with Crippen molar-refractivity contribution in [2.75, 3.05) is 26.0 Å². The van der Waals surface area contributed by atoms with Crippen LogP contribution in [-0.4, -0.2) is 47.2 Å². The first-order valence-corrected chi connectivity index (χ1v) is 8.29. The lowest BCUT2D eigenvalue weighted by Crippen LogP contribution is -2.37. The Bertz CT molecular complexity index is 1020. The molecule has 4 rings (SSSR count). The molecule has 0 radical (unpaired) electrons. The van der Waals surface area contributed by atoms with Crippen LogP contribution in [0.25, 0.3) is 10.8 Å². The maximum Gasteiger partial charge on any atom is 0.272 e. The summed E-state index contributed by atoms with van der Waals surface area (Å²) in [5, 5.41) is 8.79. The zero-order valence-corrected chi connectivity index (χ0v) is 14.5. The second-order valence-corrected chi connectivity index (χ2v) is 6.18. The van der Waals surface area contributed by atoms with Crippen molar-refractivity contribution in [3.05, 3.63) is 53.7 Å². The van der Waals surface area contributed by atoms with Gasteiger partial charge in [0.25, 0.3) is 11.8 Å². The Balaban J connectivity index is 1.69. The number of rotatable bonds is 3. The third-order valence-corrected chi connectivity index (χ3v) is 4.57. The number of ether oxygens (including phenoxy) is 1. The predicted molar refractivity (Wildman–Crippen MR) is 97.6 cm³/mol. The minimum Gasteiger partial charge on any atom is -0.496 e. The standard InChI is InChI=1S/C19H18N4O3/c1-22-9-10-23-14(19(22)25)11-16(21-23)20-18(24)13-7-3-5-12-6-4-8-15(26-2)17(12)13/h3-8,11H,9-10H2,1-2H3,(H,20,21,24). The van der Waals surface area contributed by atoms with Crippen LogP contribution in [0, 0.1) is 0 Å². The minimum atomic E-state index is -0.295. The van der Waals surface area contributed by atoms with E-state index in [0.717, 1.165) is 10.8 Å². The Morgan fingerprint density at radius 3 is 2.73 bits per heavy atom. The zero-order chi connectivity index (χ0) is 18.3. The number of carbonyl (C=O) groups excluding carboxylic acids is 2. The summed E-state index contributed by atoms with van der Waals surface area (Å²) in [6.07, 6.45) is 0. The van der Waals surface area contributed by atoms with Crippen molar-refractivity contribution >= 4 is 28.4 Å². The van der Waals surface area contributed by atoms with Crippen LogP contribution in [0.1, 0.15) is 20.8 Å². The van der Waals surface area contributed by atoms with Gasteiger partial charge in [0, 0.05) is 25.0 Å². The molecular formula is C19H18N4O3. The average Bonchev–Trinajstić information content (AvgIpc) is 3.07. The topological polar surface area (TPSA) is 76.5 Å². The van der Waals surface area contributed by atoms with Crippen LogP contribution in [0.3, 0.4) is 0 Å². The molecule has 1 N–H and O–H groups in total. The monoisotopic (exact) mass is 350 g/mol. The highest BCUT2D eigenvalue weighted by atomic mass is 16.5. The fraction of sp³-hybridized carbons (Fsp3) is 0.211. The van der Waals surface area contributed by atoms with E-state index in [0.29, 0.717) is 35.9 Å². The summed E-state index contributed by atoms with van der Waals surface area (Å²) in [5.41, 5.74) is 0.971. The molecule has 2 amide bonds. The lowest BCUT2D eigenvalue weighted by molar-refractivity contribution is 0.0742. The molecule has 2 aromatic carbocycles. The van der Waals surface area contributed by atoms with Gasteiger partial charge in [-0.25, -0.2) is 0 Å². The summed E-state index contributed by atoms with van der Waals surface area (Å²) in [5.74, 6) is 0.599. The molecule has 132 valence electrons. The summed E-state index contributed by atoms with van der Waals surface area (Å²) >= 11 is 0. The molecule has 0 saturated carbocycles. The smallest absolute Gasteiger partial charge is 0.272 e. The van der Waals surface area contributed by atoms with Crippen LogP contribution >= 0.6 is 0 Å². The largest absolute Gasteiger partial charge is 0.496 e. The van der Waals surface area contributed by atoms with Gasteiger partial charge in [-0.3, -0.25) is 14.3 Å². The molecular weight excluding hydrogens is 332 g/mol. The quantitative estimate of drug-likeness (QED) is 0.787. The number of aromatic nitrogens is 2. The maximum atomic E-state index is 12.8. The third-order valence-electron chi connectivity index (χ3n) is 4.57. The number of nitrogens with one attached hydrogen (secondary N) is 1. The molecule has 3 aromatic rings. The van der Waals surface area contributed by atoms with Crippen molar-refractivity contribution in [1.29, 1.82) is 0 Å². The van der Waals surface area contributed by atoms with Gasteiger partial charge in [-0.15, -0.1) is 0 Å². The number of hydrogen-bond donors (Lipinski definition) is 1. The van der Waals surface area contributed by atoms with E-state index in [-0.39, 0.29) is 11.8 Å². The zero-order valence-electron chi connectivity index (χ0n) is 14.5. The Morgan fingerprint density at radius 2 is 1.96 bits per heavy atom. The van der Waals surface area contributed by atoms with Gasteiger partial charge in [0.1, 0.15) is 11.4 Å². The molecule has 2 heterocycles. The molecule has 0 fully saturated rings. The maximum absolute atomic E-state index is 12.8. The van der Waals surface area contributed by atoms with Gasteiger partial charge >= 0.3 is 0 Å². The van der Waals surface area contributed by atoms with Crippen LogP contribution in [0.4, 0.5) is 5.82 Å². The van der Waals surface area contributed by atoms with Crippen molar-refractivity contribution in [2.45, 2.75) is 6.54 Å². The van der Waals surface area contributed by atoms with E-state index < -0.39 is 0 Å². The van der Waals surface area contributed by atoms with Gasteiger partial charge in [0.15, 0.2) is 5.82 Å². The summed E-state index contributed by atoms with van der Waals surface area (Å²) in [6, 6.07) is 12.7. The third kappa shape index (κ3) is 2.57. The van der Waals surface area contributed by atoms with Crippen molar-refractivity contribution in [2.24, 2.45) is 0 Å². The number of likely N-dealkylation sites (N-methyl/N-ethyl adjacent to an activating group) is 1. The number of benzene rings is 2. The molecule has 0 unspecified atom stereocenters. The van der Waals surface area contributed by atoms with E-state index in [1.807, 2.05) is 30.3 Å². The van der Waals surface area contributed by atoms with Crippen LogP contribution in [-0.2, 0) is 6.54 Å².